The lowest BCUT2D eigenvalue weighted by molar-refractivity contribution is 0.299. The largest absolute Gasteiger partial charge is 0.493 e. The average molecular weight is 274 g/mol. The zero-order valence-corrected chi connectivity index (χ0v) is 12.1. The lowest BCUT2D eigenvalue weighted by atomic mass is 10.0. The van der Waals surface area contributed by atoms with Crippen molar-refractivity contribution in [3.8, 4) is 17.0 Å². The minimum atomic E-state index is 0.614. The van der Waals surface area contributed by atoms with Gasteiger partial charge in [-0.25, -0.2) is 4.98 Å². The van der Waals surface area contributed by atoms with Crippen molar-refractivity contribution in [1.82, 2.24) is 4.98 Å². The van der Waals surface area contributed by atoms with E-state index in [1.54, 1.807) is 0 Å². The Labute approximate surface area is 117 Å². The molecule has 1 aromatic carbocycles. The number of nitrogen functional groups attached to an aromatic ring is 1. The normalized spacial score (nSPS) is 14.6. The van der Waals surface area contributed by atoms with Gasteiger partial charge in [-0.2, -0.15) is 0 Å². The monoisotopic (exact) mass is 274 g/mol. The molecule has 1 saturated carbocycles. The molecule has 100 valence electrons. The van der Waals surface area contributed by atoms with E-state index < -0.39 is 0 Å². The first-order chi connectivity index (χ1) is 9.13. The van der Waals surface area contributed by atoms with Crippen LogP contribution in [-0.4, -0.2) is 11.6 Å². The number of benzene rings is 1. The van der Waals surface area contributed by atoms with Crippen LogP contribution in [0, 0.1) is 19.8 Å². The second kappa shape index (κ2) is 4.85. The Morgan fingerprint density at radius 1 is 1.32 bits per heavy atom. The fourth-order valence-electron chi connectivity index (χ4n) is 2.31. The van der Waals surface area contributed by atoms with E-state index in [-0.39, 0.29) is 0 Å². The van der Waals surface area contributed by atoms with Crippen LogP contribution < -0.4 is 10.5 Å². The van der Waals surface area contributed by atoms with E-state index in [0.717, 1.165) is 24.0 Å². The van der Waals surface area contributed by atoms with Gasteiger partial charge in [0, 0.05) is 10.9 Å². The molecule has 1 fully saturated rings. The lowest BCUT2D eigenvalue weighted by Crippen LogP contribution is -2.00. The molecule has 1 aliphatic rings. The van der Waals surface area contributed by atoms with Crippen LogP contribution in [0.4, 0.5) is 5.13 Å². The van der Waals surface area contributed by atoms with E-state index in [1.807, 2.05) is 5.38 Å². The molecule has 0 unspecified atom stereocenters. The highest BCUT2D eigenvalue weighted by atomic mass is 32.1. The highest BCUT2D eigenvalue weighted by Crippen LogP contribution is 2.34. The zero-order valence-electron chi connectivity index (χ0n) is 11.3. The molecule has 1 aliphatic carbocycles. The molecular formula is C15H18N2OS. The van der Waals surface area contributed by atoms with Crippen molar-refractivity contribution < 1.29 is 4.74 Å². The van der Waals surface area contributed by atoms with Crippen molar-refractivity contribution in [1.29, 1.82) is 0 Å². The van der Waals surface area contributed by atoms with Gasteiger partial charge >= 0.3 is 0 Å². The van der Waals surface area contributed by atoms with Gasteiger partial charge in [-0.1, -0.05) is 0 Å². The molecule has 19 heavy (non-hydrogen) atoms. The smallest absolute Gasteiger partial charge is 0.180 e. The van der Waals surface area contributed by atoms with Gasteiger partial charge in [-0.05, 0) is 55.9 Å². The van der Waals surface area contributed by atoms with Crippen molar-refractivity contribution in [2.24, 2.45) is 5.92 Å². The third-order valence-corrected chi connectivity index (χ3v) is 4.14. The van der Waals surface area contributed by atoms with Crippen LogP contribution in [0.5, 0.6) is 5.75 Å². The number of rotatable bonds is 4. The summed E-state index contributed by atoms with van der Waals surface area (Å²) in [6.45, 7) is 5.05. The summed E-state index contributed by atoms with van der Waals surface area (Å²) in [5.41, 5.74) is 10.2. The van der Waals surface area contributed by atoms with Gasteiger partial charge in [-0.15, -0.1) is 11.3 Å². The van der Waals surface area contributed by atoms with Gasteiger partial charge < -0.3 is 10.5 Å². The van der Waals surface area contributed by atoms with Crippen molar-refractivity contribution in [2.45, 2.75) is 26.7 Å². The predicted molar refractivity (Wildman–Crippen MR) is 79.7 cm³/mol. The zero-order chi connectivity index (χ0) is 13.4. The minimum Gasteiger partial charge on any atom is -0.493 e. The third-order valence-electron chi connectivity index (χ3n) is 3.47. The first-order valence-electron chi connectivity index (χ1n) is 6.59. The SMILES string of the molecule is Cc1cc(OCC2CC2)cc(C)c1-c1csc(N)n1. The number of nitrogens with zero attached hydrogens (tertiary/aromatic N) is 1. The predicted octanol–water partition coefficient (Wildman–Crippen LogP) is 3.80. The fraction of sp³-hybridized carbons (Fsp3) is 0.400. The Hall–Kier alpha value is -1.55. The summed E-state index contributed by atoms with van der Waals surface area (Å²) in [6.07, 6.45) is 2.63. The van der Waals surface area contributed by atoms with Gasteiger partial charge in [0.2, 0.25) is 0 Å². The van der Waals surface area contributed by atoms with E-state index in [0.29, 0.717) is 5.13 Å². The molecule has 2 N–H and O–H groups in total. The van der Waals surface area contributed by atoms with Crippen LogP contribution in [0.3, 0.4) is 0 Å². The Balaban J connectivity index is 1.88. The number of aryl methyl sites for hydroxylation is 2. The molecule has 1 heterocycles. The Bertz CT molecular complexity index is 579. The molecule has 1 aromatic heterocycles. The molecule has 0 amide bonds. The quantitative estimate of drug-likeness (QED) is 0.922. The number of hydrogen-bond acceptors (Lipinski definition) is 4. The number of hydrogen-bond donors (Lipinski definition) is 1. The highest BCUT2D eigenvalue weighted by molar-refractivity contribution is 7.13. The average Bonchev–Trinajstić information content (AvgIpc) is 3.09. The van der Waals surface area contributed by atoms with Crippen molar-refractivity contribution in [3.63, 3.8) is 0 Å². The van der Waals surface area contributed by atoms with E-state index in [2.05, 4.69) is 31.0 Å². The molecule has 2 aromatic rings. The Kier molecular flexibility index (Phi) is 3.19. The summed E-state index contributed by atoms with van der Waals surface area (Å²) in [4.78, 5) is 4.37. The molecule has 0 aliphatic heterocycles. The van der Waals surface area contributed by atoms with E-state index >= 15 is 0 Å². The lowest BCUT2D eigenvalue weighted by Gasteiger charge is -2.12. The molecular weight excluding hydrogens is 256 g/mol. The van der Waals surface area contributed by atoms with Gasteiger partial charge in [0.25, 0.3) is 0 Å². The number of anilines is 1. The van der Waals surface area contributed by atoms with E-state index in [9.17, 15) is 0 Å². The van der Waals surface area contributed by atoms with Gasteiger partial charge in [-0.3, -0.25) is 0 Å². The van der Waals surface area contributed by atoms with Crippen molar-refractivity contribution in [3.05, 3.63) is 28.6 Å². The number of nitrogens with two attached hydrogens (primary N) is 1. The summed E-state index contributed by atoms with van der Waals surface area (Å²) in [5.74, 6) is 1.74. The summed E-state index contributed by atoms with van der Waals surface area (Å²) >= 11 is 1.48. The maximum absolute atomic E-state index is 5.85. The molecule has 3 nitrogen and oxygen atoms in total. The fourth-order valence-corrected chi connectivity index (χ4v) is 2.87. The Morgan fingerprint density at radius 3 is 2.53 bits per heavy atom. The highest BCUT2D eigenvalue weighted by Gasteiger charge is 2.22. The number of ether oxygens (including phenoxy) is 1. The maximum atomic E-state index is 5.85. The van der Waals surface area contributed by atoms with Crippen LogP contribution in [0.2, 0.25) is 0 Å². The van der Waals surface area contributed by atoms with Crippen LogP contribution >= 0.6 is 11.3 Å². The summed E-state index contributed by atoms with van der Waals surface area (Å²) in [7, 11) is 0. The summed E-state index contributed by atoms with van der Waals surface area (Å²) in [6, 6.07) is 4.19. The second-order valence-corrected chi connectivity index (χ2v) is 6.15. The van der Waals surface area contributed by atoms with E-state index in [4.69, 9.17) is 10.5 Å². The number of thiazole rings is 1. The third kappa shape index (κ3) is 2.73. The number of aromatic nitrogens is 1. The molecule has 0 spiro atoms. The van der Waals surface area contributed by atoms with Gasteiger partial charge in [0.15, 0.2) is 5.13 Å². The molecule has 4 heteroatoms. The van der Waals surface area contributed by atoms with Gasteiger partial charge in [0.05, 0.1) is 12.3 Å². The maximum Gasteiger partial charge on any atom is 0.180 e. The molecule has 0 radical (unpaired) electrons. The first-order valence-corrected chi connectivity index (χ1v) is 7.47. The molecule has 0 bridgehead atoms. The summed E-state index contributed by atoms with van der Waals surface area (Å²) < 4.78 is 5.85. The van der Waals surface area contributed by atoms with Crippen molar-refractivity contribution in [2.75, 3.05) is 12.3 Å². The Morgan fingerprint density at radius 2 is 2.00 bits per heavy atom. The molecule has 0 saturated heterocycles. The first kappa shape index (κ1) is 12.5. The van der Waals surface area contributed by atoms with Crippen LogP contribution in [0.15, 0.2) is 17.5 Å². The standard InChI is InChI=1S/C15H18N2OS/c1-9-5-12(18-7-11-3-4-11)6-10(2)14(9)13-8-19-15(16)17-13/h5-6,8,11H,3-4,7H2,1-2H3,(H2,16,17). The topological polar surface area (TPSA) is 48.1 Å². The minimum absolute atomic E-state index is 0.614. The van der Waals surface area contributed by atoms with Gasteiger partial charge in [0.1, 0.15) is 5.75 Å². The second-order valence-electron chi connectivity index (χ2n) is 5.26. The van der Waals surface area contributed by atoms with Crippen molar-refractivity contribution >= 4 is 16.5 Å². The van der Waals surface area contributed by atoms with E-state index in [1.165, 1.54) is 40.9 Å². The van der Waals surface area contributed by atoms with Crippen LogP contribution in [0.1, 0.15) is 24.0 Å². The molecule has 3 rings (SSSR count). The molecule has 0 atom stereocenters. The van der Waals surface area contributed by atoms with Crippen LogP contribution in [-0.2, 0) is 0 Å². The summed E-state index contributed by atoms with van der Waals surface area (Å²) in [5, 5.41) is 2.62. The van der Waals surface area contributed by atoms with Crippen LogP contribution in [0.25, 0.3) is 11.3 Å².